The van der Waals surface area contributed by atoms with E-state index >= 15 is 0 Å². The number of rotatable bonds is 8. The van der Waals surface area contributed by atoms with Crippen molar-refractivity contribution in [2.45, 2.75) is 31.7 Å². The summed E-state index contributed by atoms with van der Waals surface area (Å²) in [6.45, 7) is 5.59. The number of anilines is 1. The Morgan fingerprint density at radius 2 is 2.13 bits per heavy atom. The van der Waals surface area contributed by atoms with Crippen molar-refractivity contribution in [1.82, 2.24) is 14.5 Å². The lowest BCUT2D eigenvalue weighted by Gasteiger charge is -2.20. The summed E-state index contributed by atoms with van der Waals surface area (Å²) in [5.74, 6) is 0.971. The molecule has 154 valence electrons. The topological polar surface area (TPSA) is 51.0 Å². The molecule has 0 aliphatic rings. The van der Waals surface area contributed by atoms with Crippen molar-refractivity contribution >= 4 is 44.4 Å². The van der Waals surface area contributed by atoms with Crippen molar-refractivity contribution in [3.8, 4) is 0 Å². The van der Waals surface area contributed by atoms with Crippen LogP contribution in [-0.4, -0.2) is 32.7 Å². The van der Waals surface area contributed by atoms with Crippen molar-refractivity contribution in [2.24, 2.45) is 0 Å². The fourth-order valence-corrected chi connectivity index (χ4v) is 5.10. The van der Waals surface area contributed by atoms with Crippen LogP contribution in [-0.2, 0) is 6.54 Å². The molecule has 7 heteroatoms. The predicted molar refractivity (Wildman–Crippen MR) is 126 cm³/mol. The van der Waals surface area contributed by atoms with Crippen LogP contribution in [0.2, 0.25) is 0 Å². The number of aromatic nitrogens is 3. The van der Waals surface area contributed by atoms with Crippen molar-refractivity contribution in [3.63, 3.8) is 0 Å². The second-order valence-electron chi connectivity index (χ2n) is 7.04. The Labute approximate surface area is 184 Å². The summed E-state index contributed by atoms with van der Waals surface area (Å²) < 4.78 is 3.13. The molecule has 0 radical (unpaired) electrons. The highest BCUT2D eigenvalue weighted by Crippen LogP contribution is 2.31. The number of imidazole rings is 1. The molecule has 4 aromatic rings. The molecule has 0 atom stereocenters. The first-order valence-electron chi connectivity index (χ1n) is 10.0. The van der Waals surface area contributed by atoms with E-state index in [2.05, 4.69) is 37.0 Å². The Morgan fingerprint density at radius 3 is 2.93 bits per heavy atom. The van der Waals surface area contributed by atoms with Gasteiger partial charge in [0.05, 0.1) is 16.5 Å². The maximum atomic E-state index is 13.5. The molecule has 2 heterocycles. The summed E-state index contributed by atoms with van der Waals surface area (Å²) in [5.41, 5.74) is 2.83. The normalized spacial score (nSPS) is 11.1. The highest BCUT2D eigenvalue weighted by atomic mass is 32.2. The van der Waals surface area contributed by atoms with Crippen LogP contribution in [0.5, 0.6) is 0 Å². The molecule has 4 rings (SSSR count). The molecule has 0 fully saturated rings. The van der Waals surface area contributed by atoms with Gasteiger partial charge in [-0.15, -0.1) is 11.8 Å². The van der Waals surface area contributed by atoms with Gasteiger partial charge in [-0.1, -0.05) is 30.4 Å². The molecular weight excluding hydrogens is 412 g/mol. The summed E-state index contributed by atoms with van der Waals surface area (Å²) in [6.07, 6.45) is 6.34. The summed E-state index contributed by atoms with van der Waals surface area (Å²) >= 11 is 3.32. The van der Waals surface area contributed by atoms with Crippen molar-refractivity contribution < 1.29 is 4.79 Å². The molecule has 1 amide bonds. The zero-order valence-corrected chi connectivity index (χ0v) is 18.7. The largest absolute Gasteiger partial charge is 0.337 e. The van der Waals surface area contributed by atoms with E-state index in [-0.39, 0.29) is 5.91 Å². The molecule has 0 unspecified atom stereocenters. The van der Waals surface area contributed by atoms with Gasteiger partial charge in [-0.05, 0) is 55.0 Å². The number of carbonyl (C=O) groups excluding carboxylic acids is 1. The lowest BCUT2D eigenvalue weighted by Crippen LogP contribution is -2.32. The molecule has 30 heavy (non-hydrogen) atoms. The number of carbonyl (C=O) groups is 1. The number of benzene rings is 2. The minimum Gasteiger partial charge on any atom is -0.337 e. The van der Waals surface area contributed by atoms with Crippen LogP contribution < -0.4 is 4.90 Å². The quantitative estimate of drug-likeness (QED) is 0.335. The number of hydrogen-bond acceptors (Lipinski definition) is 5. The third kappa shape index (κ3) is 4.74. The van der Waals surface area contributed by atoms with Crippen LogP contribution in [0.4, 0.5) is 5.13 Å². The van der Waals surface area contributed by atoms with E-state index in [1.54, 1.807) is 35.6 Å². The fraction of sp³-hybridized carbons (Fsp3) is 0.261. The molecule has 2 aromatic heterocycles. The summed E-state index contributed by atoms with van der Waals surface area (Å²) in [6, 6.07) is 14.1. The van der Waals surface area contributed by atoms with Gasteiger partial charge in [0.1, 0.15) is 0 Å². The number of thiazole rings is 1. The molecule has 0 N–H and O–H groups in total. The third-order valence-electron chi connectivity index (χ3n) is 4.76. The monoisotopic (exact) mass is 436 g/mol. The zero-order chi connectivity index (χ0) is 20.9. The van der Waals surface area contributed by atoms with Crippen LogP contribution >= 0.6 is 23.1 Å². The van der Waals surface area contributed by atoms with E-state index in [0.717, 1.165) is 39.0 Å². The number of amides is 1. The van der Waals surface area contributed by atoms with Crippen LogP contribution in [0.1, 0.15) is 29.3 Å². The van der Waals surface area contributed by atoms with E-state index in [1.165, 1.54) is 5.56 Å². The predicted octanol–water partition coefficient (Wildman–Crippen LogP) is 5.65. The number of nitrogens with zero attached hydrogens (tertiary/aromatic N) is 4. The molecule has 0 saturated carbocycles. The number of aryl methyl sites for hydroxylation is 2. The van der Waals surface area contributed by atoms with Crippen molar-refractivity contribution in [3.05, 3.63) is 72.3 Å². The first-order chi connectivity index (χ1) is 14.6. The maximum Gasteiger partial charge on any atom is 0.260 e. The molecule has 0 spiro atoms. The van der Waals surface area contributed by atoms with E-state index in [1.807, 2.05) is 39.9 Å². The van der Waals surface area contributed by atoms with Crippen LogP contribution in [0.25, 0.3) is 10.2 Å². The molecular formula is C23H24N4OS2. The van der Waals surface area contributed by atoms with E-state index in [0.29, 0.717) is 12.1 Å². The van der Waals surface area contributed by atoms with E-state index in [4.69, 9.17) is 4.98 Å². The maximum absolute atomic E-state index is 13.5. The smallest absolute Gasteiger partial charge is 0.260 e. The molecule has 0 bridgehead atoms. The molecule has 0 aliphatic carbocycles. The van der Waals surface area contributed by atoms with Crippen molar-refractivity contribution in [2.75, 3.05) is 17.2 Å². The SMILES string of the molecule is CCSc1cccc(C(=O)N(CCCn2ccnc2)c2nc3ccc(C)cc3s2)c1. The average molecular weight is 437 g/mol. The zero-order valence-electron chi connectivity index (χ0n) is 17.1. The Balaban J connectivity index is 1.63. The molecule has 2 aromatic carbocycles. The minimum atomic E-state index is -0.00466. The van der Waals surface area contributed by atoms with Gasteiger partial charge >= 0.3 is 0 Å². The Morgan fingerprint density at radius 1 is 1.23 bits per heavy atom. The Hall–Kier alpha value is -2.64. The third-order valence-corrected chi connectivity index (χ3v) is 6.68. The standard InChI is InChI=1S/C23H24N4OS2/c1-3-29-19-7-4-6-18(15-19)22(28)27(12-5-11-26-13-10-24-16-26)23-25-20-9-8-17(2)14-21(20)30-23/h4,6-10,13-16H,3,5,11-12H2,1-2H3. The van der Waals surface area contributed by atoms with Crippen LogP contribution in [0, 0.1) is 6.92 Å². The lowest BCUT2D eigenvalue weighted by molar-refractivity contribution is 0.0986. The summed E-state index contributed by atoms with van der Waals surface area (Å²) in [7, 11) is 0. The average Bonchev–Trinajstić information content (AvgIpc) is 3.40. The molecule has 5 nitrogen and oxygen atoms in total. The first kappa shape index (κ1) is 20.6. The van der Waals surface area contributed by atoms with Crippen molar-refractivity contribution in [1.29, 1.82) is 0 Å². The highest BCUT2D eigenvalue weighted by Gasteiger charge is 2.21. The van der Waals surface area contributed by atoms with Gasteiger partial charge in [0.15, 0.2) is 5.13 Å². The van der Waals surface area contributed by atoms with Gasteiger partial charge in [0.25, 0.3) is 5.91 Å². The summed E-state index contributed by atoms with van der Waals surface area (Å²) in [4.78, 5) is 25.3. The van der Waals surface area contributed by atoms with Crippen LogP contribution in [0.15, 0.2) is 66.1 Å². The summed E-state index contributed by atoms with van der Waals surface area (Å²) in [5, 5.41) is 0.750. The molecule has 0 saturated heterocycles. The fourth-order valence-electron chi connectivity index (χ4n) is 3.29. The van der Waals surface area contributed by atoms with Gasteiger partial charge in [-0.2, -0.15) is 0 Å². The first-order valence-corrected chi connectivity index (χ1v) is 11.8. The number of hydrogen-bond donors (Lipinski definition) is 0. The van der Waals surface area contributed by atoms with E-state index in [9.17, 15) is 4.79 Å². The van der Waals surface area contributed by atoms with E-state index < -0.39 is 0 Å². The molecule has 0 aliphatic heterocycles. The van der Waals surface area contributed by atoms with Gasteiger partial charge in [-0.25, -0.2) is 9.97 Å². The second-order valence-corrected chi connectivity index (χ2v) is 9.39. The number of fused-ring (bicyclic) bond motifs is 1. The second kappa shape index (κ2) is 9.45. The van der Waals surface area contributed by atoms with Gasteiger partial charge in [0, 0.05) is 35.9 Å². The highest BCUT2D eigenvalue weighted by molar-refractivity contribution is 7.99. The van der Waals surface area contributed by atoms with Crippen LogP contribution in [0.3, 0.4) is 0 Å². The van der Waals surface area contributed by atoms with Gasteiger partial charge < -0.3 is 4.57 Å². The Bertz CT molecular complexity index is 1140. The van der Waals surface area contributed by atoms with Gasteiger partial charge in [0.2, 0.25) is 0 Å². The lowest BCUT2D eigenvalue weighted by atomic mass is 10.2. The Kier molecular flexibility index (Phi) is 6.50. The minimum absolute atomic E-state index is 0.00466. The number of thioether (sulfide) groups is 1. The van der Waals surface area contributed by atoms with Gasteiger partial charge in [-0.3, -0.25) is 9.69 Å².